The zero-order valence-corrected chi connectivity index (χ0v) is 13.1. The molecule has 108 valence electrons. The van der Waals surface area contributed by atoms with E-state index in [4.69, 9.17) is 11.6 Å². The molecule has 19 heavy (non-hydrogen) atoms. The Labute approximate surface area is 119 Å². The van der Waals surface area contributed by atoms with Crippen LogP contribution >= 0.6 is 11.6 Å². The van der Waals surface area contributed by atoms with Gasteiger partial charge in [0.15, 0.2) is 0 Å². The molecule has 1 N–H and O–H groups in total. The lowest BCUT2D eigenvalue weighted by Crippen LogP contribution is -2.40. The Hall–Kier alpha value is -0.760. The average Bonchev–Trinajstić information content (AvgIpc) is 2.26. The Balaban J connectivity index is 2.73. The first kappa shape index (κ1) is 16.3. The highest BCUT2D eigenvalue weighted by molar-refractivity contribution is 7.89. The van der Waals surface area contributed by atoms with Gasteiger partial charge in [0.25, 0.3) is 0 Å². The maximum Gasteiger partial charge on any atom is 0.243 e. The summed E-state index contributed by atoms with van der Waals surface area (Å²) < 4.78 is 26.6. The standard InChI is InChI=1S/C11H19ClN4O2S/c1-11(2,8-16(3)4)7-15-19(17,18)9-5-13-10(12)14-6-9/h5-6,15H,7-8H2,1-4H3. The van der Waals surface area contributed by atoms with E-state index in [2.05, 4.69) is 14.7 Å². The minimum absolute atomic E-state index is 0.0116. The molecule has 1 heterocycles. The van der Waals surface area contributed by atoms with Crippen LogP contribution in [0.5, 0.6) is 0 Å². The molecule has 1 rings (SSSR count). The summed E-state index contributed by atoms with van der Waals surface area (Å²) in [5.74, 6) is 0. The second-order valence-electron chi connectivity index (χ2n) is 5.41. The molecular weight excluding hydrogens is 288 g/mol. The molecule has 0 aliphatic rings. The minimum atomic E-state index is -3.60. The number of nitrogens with zero attached hydrogens (tertiary/aromatic N) is 3. The molecule has 0 unspecified atom stereocenters. The third kappa shape index (κ3) is 5.40. The van der Waals surface area contributed by atoms with E-state index in [1.165, 1.54) is 12.4 Å². The fourth-order valence-corrected chi connectivity index (χ4v) is 2.95. The van der Waals surface area contributed by atoms with Gasteiger partial charge in [0.2, 0.25) is 15.3 Å². The van der Waals surface area contributed by atoms with Crippen molar-refractivity contribution in [2.24, 2.45) is 5.41 Å². The summed E-state index contributed by atoms with van der Waals surface area (Å²) in [6, 6.07) is 0. The van der Waals surface area contributed by atoms with E-state index in [0.29, 0.717) is 6.54 Å². The number of halogens is 1. The van der Waals surface area contributed by atoms with Crippen molar-refractivity contribution < 1.29 is 8.42 Å². The predicted molar refractivity (Wildman–Crippen MR) is 74.6 cm³/mol. The summed E-state index contributed by atoms with van der Waals surface area (Å²) in [4.78, 5) is 9.36. The van der Waals surface area contributed by atoms with Crippen molar-refractivity contribution in [2.45, 2.75) is 18.7 Å². The van der Waals surface area contributed by atoms with Gasteiger partial charge in [-0.15, -0.1) is 0 Å². The van der Waals surface area contributed by atoms with Crippen molar-refractivity contribution in [3.63, 3.8) is 0 Å². The number of hydrogen-bond donors (Lipinski definition) is 1. The lowest BCUT2D eigenvalue weighted by atomic mass is 9.93. The quantitative estimate of drug-likeness (QED) is 0.794. The van der Waals surface area contributed by atoms with Gasteiger partial charge in [-0.25, -0.2) is 23.1 Å². The van der Waals surface area contributed by atoms with E-state index < -0.39 is 10.0 Å². The van der Waals surface area contributed by atoms with Crippen LogP contribution in [0.1, 0.15) is 13.8 Å². The summed E-state index contributed by atoms with van der Waals surface area (Å²) in [6.45, 7) is 5.09. The number of rotatable bonds is 6. The predicted octanol–water partition coefficient (Wildman–Crippen LogP) is 0.996. The van der Waals surface area contributed by atoms with Crippen molar-refractivity contribution in [2.75, 3.05) is 27.2 Å². The average molecular weight is 307 g/mol. The molecule has 0 amide bonds. The van der Waals surface area contributed by atoms with Gasteiger partial charge in [0.05, 0.1) is 12.4 Å². The maximum absolute atomic E-state index is 12.0. The Bertz CT molecular complexity index is 514. The normalized spacial score (nSPS) is 12.9. The Kier molecular flexibility index (Phi) is 5.26. The fraction of sp³-hybridized carbons (Fsp3) is 0.636. The molecule has 0 atom stereocenters. The van der Waals surface area contributed by atoms with Gasteiger partial charge in [-0.3, -0.25) is 0 Å². The Morgan fingerprint density at radius 1 is 1.32 bits per heavy atom. The molecule has 0 bridgehead atoms. The van der Waals surface area contributed by atoms with Gasteiger partial charge >= 0.3 is 0 Å². The van der Waals surface area contributed by atoms with Crippen LogP contribution in [0.15, 0.2) is 17.3 Å². The van der Waals surface area contributed by atoms with Gasteiger partial charge in [0, 0.05) is 13.1 Å². The monoisotopic (exact) mass is 306 g/mol. The zero-order chi connectivity index (χ0) is 14.7. The van der Waals surface area contributed by atoms with Gasteiger partial charge in [0.1, 0.15) is 4.90 Å². The zero-order valence-electron chi connectivity index (χ0n) is 11.5. The van der Waals surface area contributed by atoms with Crippen LogP contribution in [-0.2, 0) is 10.0 Å². The van der Waals surface area contributed by atoms with E-state index in [1.807, 2.05) is 32.8 Å². The summed E-state index contributed by atoms with van der Waals surface area (Å²) >= 11 is 5.53. The van der Waals surface area contributed by atoms with E-state index in [1.54, 1.807) is 0 Å². The molecule has 1 aromatic rings. The molecule has 1 aromatic heterocycles. The summed E-state index contributed by atoms with van der Waals surface area (Å²) in [5, 5.41) is 0.0203. The molecule has 0 aliphatic carbocycles. The second-order valence-corrected chi connectivity index (χ2v) is 7.52. The van der Waals surface area contributed by atoms with Gasteiger partial charge in [-0.1, -0.05) is 13.8 Å². The second kappa shape index (κ2) is 6.13. The highest BCUT2D eigenvalue weighted by Gasteiger charge is 2.23. The van der Waals surface area contributed by atoms with Crippen LogP contribution in [0.4, 0.5) is 0 Å². The smallest absolute Gasteiger partial charge is 0.243 e. The molecule has 6 nitrogen and oxygen atoms in total. The van der Waals surface area contributed by atoms with Gasteiger partial charge < -0.3 is 4.90 Å². The SMILES string of the molecule is CN(C)CC(C)(C)CNS(=O)(=O)c1cnc(Cl)nc1. The first-order valence-corrected chi connectivity index (χ1v) is 7.60. The van der Waals surface area contributed by atoms with Crippen molar-refractivity contribution >= 4 is 21.6 Å². The molecule has 0 saturated carbocycles. The van der Waals surface area contributed by atoms with Crippen molar-refractivity contribution in [1.29, 1.82) is 0 Å². The largest absolute Gasteiger partial charge is 0.309 e. The maximum atomic E-state index is 12.0. The Morgan fingerprint density at radius 2 is 1.84 bits per heavy atom. The van der Waals surface area contributed by atoms with E-state index >= 15 is 0 Å². The van der Waals surface area contributed by atoms with Crippen LogP contribution in [0.2, 0.25) is 5.28 Å². The molecular formula is C11H19ClN4O2S. The van der Waals surface area contributed by atoms with E-state index in [0.717, 1.165) is 6.54 Å². The van der Waals surface area contributed by atoms with E-state index in [-0.39, 0.29) is 15.6 Å². The first-order chi connectivity index (χ1) is 8.62. The van der Waals surface area contributed by atoms with Crippen molar-refractivity contribution in [3.05, 3.63) is 17.7 Å². The van der Waals surface area contributed by atoms with Crippen LogP contribution in [0.25, 0.3) is 0 Å². The van der Waals surface area contributed by atoms with E-state index in [9.17, 15) is 8.42 Å². The molecule has 0 radical (unpaired) electrons. The highest BCUT2D eigenvalue weighted by Crippen LogP contribution is 2.16. The minimum Gasteiger partial charge on any atom is -0.309 e. The number of sulfonamides is 1. The topological polar surface area (TPSA) is 75.2 Å². The van der Waals surface area contributed by atoms with Crippen LogP contribution < -0.4 is 4.72 Å². The van der Waals surface area contributed by atoms with Crippen LogP contribution in [0, 0.1) is 5.41 Å². The molecule has 0 aromatic carbocycles. The molecule has 8 heteroatoms. The lowest BCUT2D eigenvalue weighted by molar-refractivity contribution is 0.242. The Morgan fingerprint density at radius 3 is 2.32 bits per heavy atom. The van der Waals surface area contributed by atoms with Gasteiger partial charge in [-0.05, 0) is 31.1 Å². The van der Waals surface area contributed by atoms with Crippen LogP contribution in [0.3, 0.4) is 0 Å². The number of hydrogen-bond acceptors (Lipinski definition) is 5. The summed E-state index contributed by atoms with van der Waals surface area (Å²) in [5.41, 5.74) is -0.177. The molecule has 0 fully saturated rings. The van der Waals surface area contributed by atoms with Crippen molar-refractivity contribution in [1.82, 2.24) is 19.6 Å². The third-order valence-corrected chi connectivity index (χ3v) is 3.94. The number of nitrogens with one attached hydrogen (secondary N) is 1. The fourth-order valence-electron chi connectivity index (χ4n) is 1.72. The van der Waals surface area contributed by atoms with Gasteiger partial charge in [-0.2, -0.15) is 0 Å². The summed E-state index contributed by atoms with van der Waals surface area (Å²) in [6.07, 6.45) is 2.38. The third-order valence-electron chi connectivity index (χ3n) is 2.39. The number of aromatic nitrogens is 2. The highest BCUT2D eigenvalue weighted by atomic mass is 35.5. The molecule has 0 aliphatic heterocycles. The van der Waals surface area contributed by atoms with Crippen LogP contribution in [-0.4, -0.2) is 50.5 Å². The van der Waals surface area contributed by atoms with Crippen molar-refractivity contribution in [3.8, 4) is 0 Å². The summed E-state index contributed by atoms with van der Waals surface area (Å²) in [7, 11) is 0.297. The molecule has 0 saturated heterocycles. The first-order valence-electron chi connectivity index (χ1n) is 5.74. The lowest BCUT2D eigenvalue weighted by Gasteiger charge is -2.28. The molecule has 0 spiro atoms.